The third kappa shape index (κ3) is 7.45. The van der Waals surface area contributed by atoms with Gasteiger partial charge in [-0.05, 0) is 79.6 Å². The molecule has 0 radical (unpaired) electrons. The van der Waals surface area contributed by atoms with Crippen molar-refractivity contribution < 1.29 is 9.47 Å². The van der Waals surface area contributed by atoms with E-state index < -0.39 is 0 Å². The molecule has 1 saturated carbocycles. The van der Waals surface area contributed by atoms with Crippen molar-refractivity contribution in [2.45, 2.75) is 65.2 Å². The molecule has 0 unspecified atom stereocenters. The fourth-order valence-electron chi connectivity index (χ4n) is 4.03. The van der Waals surface area contributed by atoms with Crippen LogP contribution in [0.5, 0.6) is 11.5 Å². The maximum atomic E-state index is 6.06. The van der Waals surface area contributed by atoms with Gasteiger partial charge in [-0.2, -0.15) is 0 Å². The van der Waals surface area contributed by atoms with Crippen LogP contribution < -0.4 is 9.47 Å². The van der Waals surface area contributed by atoms with Crippen molar-refractivity contribution in [3.8, 4) is 23.3 Å². The van der Waals surface area contributed by atoms with Crippen molar-refractivity contribution in [1.82, 2.24) is 0 Å². The summed E-state index contributed by atoms with van der Waals surface area (Å²) < 4.78 is 11.7. The molecule has 2 nitrogen and oxygen atoms in total. The normalized spacial score (nSPS) is 18.3. The first-order valence-corrected chi connectivity index (χ1v) is 11.7. The van der Waals surface area contributed by atoms with Gasteiger partial charge in [0.1, 0.15) is 11.5 Å². The van der Waals surface area contributed by atoms with Crippen LogP contribution in [0.25, 0.3) is 0 Å². The van der Waals surface area contributed by atoms with Crippen LogP contribution in [0.4, 0.5) is 0 Å². The molecule has 2 aromatic carbocycles. The summed E-state index contributed by atoms with van der Waals surface area (Å²) in [5, 5.41) is 0. The highest BCUT2D eigenvalue weighted by Gasteiger charge is 2.21. The molecule has 0 N–H and O–H groups in total. The number of hydrogen-bond donors (Lipinski definition) is 0. The van der Waals surface area contributed by atoms with Crippen LogP contribution in [-0.4, -0.2) is 13.2 Å². The van der Waals surface area contributed by atoms with Crippen molar-refractivity contribution in [3.63, 3.8) is 0 Å². The largest absolute Gasteiger partial charge is 0.494 e. The second-order valence-corrected chi connectivity index (χ2v) is 8.49. The molecular formula is C28H36O2. The van der Waals surface area contributed by atoms with Gasteiger partial charge < -0.3 is 9.47 Å². The second-order valence-electron chi connectivity index (χ2n) is 8.49. The first kappa shape index (κ1) is 22.3. The Morgan fingerprint density at radius 1 is 0.700 bits per heavy atom. The van der Waals surface area contributed by atoms with Crippen LogP contribution in [0.15, 0.2) is 48.5 Å². The number of hydrogen-bond acceptors (Lipinski definition) is 2. The molecule has 0 amide bonds. The monoisotopic (exact) mass is 404 g/mol. The smallest absolute Gasteiger partial charge is 0.119 e. The lowest BCUT2D eigenvalue weighted by molar-refractivity contribution is 0.178. The summed E-state index contributed by atoms with van der Waals surface area (Å²) in [5.41, 5.74) is 2.00. The second kappa shape index (κ2) is 12.3. The zero-order valence-corrected chi connectivity index (χ0v) is 18.7. The first-order chi connectivity index (χ1) is 14.8. The van der Waals surface area contributed by atoms with Gasteiger partial charge in [0.05, 0.1) is 13.2 Å². The molecule has 30 heavy (non-hydrogen) atoms. The van der Waals surface area contributed by atoms with E-state index in [2.05, 4.69) is 25.7 Å². The third-order valence-electron chi connectivity index (χ3n) is 5.95. The summed E-state index contributed by atoms with van der Waals surface area (Å²) >= 11 is 0. The molecule has 1 aliphatic rings. The molecular weight excluding hydrogens is 368 g/mol. The molecule has 0 spiro atoms. The zero-order chi connectivity index (χ0) is 21.0. The summed E-state index contributed by atoms with van der Waals surface area (Å²) in [4.78, 5) is 0. The maximum absolute atomic E-state index is 6.06. The van der Waals surface area contributed by atoms with Gasteiger partial charge in [0.2, 0.25) is 0 Å². The van der Waals surface area contributed by atoms with Gasteiger partial charge in [-0.1, -0.05) is 57.8 Å². The Labute approximate surface area is 183 Å². The van der Waals surface area contributed by atoms with Crippen molar-refractivity contribution in [3.05, 3.63) is 59.7 Å². The molecule has 3 rings (SSSR count). The summed E-state index contributed by atoms with van der Waals surface area (Å²) in [5.74, 6) is 9.97. The zero-order valence-electron chi connectivity index (χ0n) is 18.7. The van der Waals surface area contributed by atoms with E-state index in [9.17, 15) is 0 Å². The van der Waals surface area contributed by atoms with Crippen LogP contribution in [0.1, 0.15) is 76.3 Å². The number of benzene rings is 2. The fourth-order valence-corrected chi connectivity index (χ4v) is 4.03. The summed E-state index contributed by atoms with van der Waals surface area (Å²) in [6.07, 6.45) is 10.6. The van der Waals surface area contributed by atoms with Gasteiger partial charge >= 0.3 is 0 Å². The summed E-state index contributed by atoms with van der Waals surface area (Å²) in [6, 6.07) is 16.1. The van der Waals surface area contributed by atoms with Crippen LogP contribution in [0.3, 0.4) is 0 Å². The number of ether oxygens (including phenoxy) is 2. The lowest BCUT2D eigenvalue weighted by Crippen LogP contribution is -2.20. The van der Waals surface area contributed by atoms with Crippen molar-refractivity contribution in [1.29, 1.82) is 0 Å². The maximum Gasteiger partial charge on any atom is 0.119 e. The highest BCUT2D eigenvalue weighted by Crippen LogP contribution is 2.32. The minimum absolute atomic E-state index is 0.714. The third-order valence-corrected chi connectivity index (χ3v) is 5.95. The van der Waals surface area contributed by atoms with Gasteiger partial charge in [-0.25, -0.2) is 0 Å². The Bertz CT molecular complexity index is 787. The van der Waals surface area contributed by atoms with Crippen molar-refractivity contribution in [2.24, 2.45) is 11.8 Å². The van der Waals surface area contributed by atoms with Gasteiger partial charge in [0, 0.05) is 11.1 Å². The summed E-state index contributed by atoms with van der Waals surface area (Å²) in [7, 11) is 0. The summed E-state index contributed by atoms with van der Waals surface area (Å²) in [6.45, 7) is 5.99. The lowest BCUT2D eigenvalue weighted by atomic mass is 9.80. The Morgan fingerprint density at radius 2 is 1.23 bits per heavy atom. The first-order valence-electron chi connectivity index (χ1n) is 11.7. The Morgan fingerprint density at radius 3 is 1.77 bits per heavy atom. The Balaban J connectivity index is 1.43. The molecule has 2 aromatic rings. The Kier molecular flexibility index (Phi) is 9.16. The van der Waals surface area contributed by atoms with Gasteiger partial charge in [0.15, 0.2) is 0 Å². The van der Waals surface area contributed by atoms with Gasteiger partial charge in [-0.15, -0.1) is 0 Å². The topological polar surface area (TPSA) is 18.5 Å². The van der Waals surface area contributed by atoms with E-state index in [1.807, 2.05) is 48.5 Å². The van der Waals surface area contributed by atoms with E-state index >= 15 is 0 Å². The standard InChI is InChI=1S/C28H36O2/c1-3-5-6-23-9-11-26(12-10-23)22-30-28-19-15-25(16-20-28)8-7-24-13-17-27(18-14-24)29-21-4-2/h13-20,23,26H,3-6,9-12,21-22H2,1-2H3/t23-,26-. The quantitative estimate of drug-likeness (QED) is 0.410. The molecule has 0 saturated heterocycles. The lowest BCUT2D eigenvalue weighted by Gasteiger charge is -2.28. The Hall–Kier alpha value is -2.40. The fraction of sp³-hybridized carbons (Fsp3) is 0.500. The minimum atomic E-state index is 0.714. The highest BCUT2D eigenvalue weighted by molar-refractivity contribution is 5.45. The number of unbranched alkanes of at least 4 members (excludes halogenated alkanes) is 1. The van der Waals surface area contributed by atoms with Crippen LogP contribution in [-0.2, 0) is 0 Å². The molecule has 1 fully saturated rings. The predicted octanol–water partition coefficient (Wildman–Crippen LogP) is 7.25. The van der Waals surface area contributed by atoms with E-state index in [0.717, 1.165) is 48.2 Å². The molecule has 2 heteroatoms. The predicted molar refractivity (Wildman–Crippen MR) is 125 cm³/mol. The van der Waals surface area contributed by atoms with Crippen LogP contribution in [0, 0.1) is 23.7 Å². The average molecular weight is 405 g/mol. The van der Waals surface area contributed by atoms with Crippen molar-refractivity contribution in [2.75, 3.05) is 13.2 Å². The van der Waals surface area contributed by atoms with E-state index in [0.29, 0.717) is 5.92 Å². The van der Waals surface area contributed by atoms with Gasteiger partial charge in [0.25, 0.3) is 0 Å². The van der Waals surface area contributed by atoms with E-state index in [1.165, 1.54) is 44.9 Å². The van der Waals surface area contributed by atoms with Crippen LogP contribution >= 0.6 is 0 Å². The van der Waals surface area contributed by atoms with E-state index in [-0.39, 0.29) is 0 Å². The molecule has 0 aliphatic heterocycles. The van der Waals surface area contributed by atoms with Crippen molar-refractivity contribution >= 4 is 0 Å². The van der Waals surface area contributed by atoms with Crippen LogP contribution in [0.2, 0.25) is 0 Å². The van der Waals surface area contributed by atoms with E-state index in [1.54, 1.807) is 0 Å². The SMILES string of the molecule is CCCC[C@H]1CC[C@H](COc2ccc(C#Cc3ccc(OCCC)cc3)cc2)CC1. The van der Waals surface area contributed by atoms with E-state index in [4.69, 9.17) is 9.47 Å². The highest BCUT2D eigenvalue weighted by atomic mass is 16.5. The minimum Gasteiger partial charge on any atom is -0.494 e. The average Bonchev–Trinajstić information content (AvgIpc) is 2.80. The molecule has 0 heterocycles. The molecule has 0 bridgehead atoms. The number of rotatable bonds is 9. The molecule has 0 aromatic heterocycles. The molecule has 160 valence electrons. The molecule has 1 aliphatic carbocycles. The molecule has 0 atom stereocenters. The van der Waals surface area contributed by atoms with Gasteiger partial charge in [-0.3, -0.25) is 0 Å².